The molecule has 1 heterocycles. The minimum absolute atomic E-state index is 0.260. The number of carbonyl (C=O) groups excluding carboxylic acids is 1. The summed E-state index contributed by atoms with van der Waals surface area (Å²) in [5, 5.41) is 3.02. The van der Waals surface area contributed by atoms with Crippen LogP contribution in [0.5, 0.6) is 0 Å². The predicted octanol–water partition coefficient (Wildman–Crippen LogP) is -0.246. The number of primary amides is 1. The minimum atomic E-state index is -0.399. The van der Waals surface area contributed by atoms with Gasteiger partial charge < -0.3 is 15.8 Å². The van der Waals surface area contributed by atoms with E-state index < -0.39 is 5.91 Å². The molecule has 68 valence electrons. The Balaban J connectivity index is 2.42. The number of rotatable bonds is 4. The second kappa shape index (κ2) is 4.11. The average molecular weight is 170 g/mol. The lowest BCUT2D eigenvalue weighted by Gasteiger charge is -2.28. The number of hydrogen-bond donors (Lipinski definition) is 2. The van der Waals surface area contributed by atoms with Crippen LogP contribution in [0.1, 0.15) is 13.3 Å². The van der Waals surface area contributed by atoms with Crippen LogP contribution in [0, 0.1) is 0 Å². The molecular formula is C8H14N2O2. The highest BCUT2D eigenvalue weighted by Crippen LogP contribution is 2.03. The Kier molecular flexibility index (Phi) is 3.10. The monoisotopic (exact) mass is 170 g/mol. The number of hydrogen-bond acceptors (Lipinski definition) is 3. The van der Waals surface area contributed by atoms with E-state index in [1.54, 1.807) is 6.08 Å². The molecule has 4 heteroatoms. The second-order valence-corrected chi connectivity index (χ2v) is 2.77. The Bertz CT molecular complexity index is 197. The molecule has 0 atom stereocenters. The molecule has 0 unspecified atom stereocenters. The zero-order chi connectivity index (χ0) is 8.97. The number of nitrogens with two attached hydrogens (primary N) is 1. The van der Waals surface area contributed by atoms with Crippen LogP contribution >= 0.6 is 0 Å². The van der Waals surface area contributed by atoms with Crippen LogP contribution in [-0.4, -0.2) is 25.2 Å². The highest BCUT2D eigenvalue weighted by atomic mass is 16.5. The van der Waals surface area contributed by atoms with Crippen molar-refractivity contribution < 1.29 is 9.53 Å². The molecule has 1 saturated heterocycles. The minimum Gasteiger partial charge on any atom is -0.377 e. The molecule has 1 aliphatic rings. The van der Waals surface area contributed by atoms with Crippen molar-refractivity contribution in [2.24, 2.45) is 5.73 Å². The summed E-state index contributed by atoms with van der Waals surface area (Å²) in [7, 11) is 0. The predicted molar refractivity (Wildman–Crippen MR) is 45.3 cm³/mol. The van der Waals surface area contributed by atoms with Crippen molar-refractivity contribution in [2.45, 2.75) is 19.4 Å². The van der Waals surface area contributed by atoms with Gasteiger partial charge in [0.1, 0.15) is 0 Å². The third-order valence-electron chi connectivity index (χ3n) is 1.67. The van der Waals surface area contributed by atoms with Crippen molar-refractivity contribution in [2.75, 3.05) is 13.2 Å². The van der Waals surface area contributed by atoms with Crippen LogP contribution in [0.4, 0.5) is 0 Å². The van der Waals surface area contributed by atoms with E-state index in [0.717, 1.165) is 6.42 Å². The summed E-state index contributed by atoms with van der Waals surface area (Å²) >= 11 is 0. The van der Waals surface area contributed by atoms with Crippen LogP contribution in [0.3, 0.4) is 0 Å². The standard InChI is InChI=1S/C8H14N2O2/c1-2-3-7(8(9)11)10-6-4-12-5-6/h3,6,10H,2,4-5H2,1H3,(H2,9,11). The average Bonchev–Trinajstić information content (AvgIpc) is 1.93. The summed E-state index contributed by atoms with van der Waals surface area (Å²) < 4.78 is 4.95. The van der Waals surface area contributed by atoms with E-state index in [-0.39, 0.29) is 6.04 Å². The smallest absolute Gasteiger partial charge is 0.264 e. The van der Waals surface area contributed by atoms with Gasteiger partial charge in [0.05, 0.1) is 25.0 Å². The Labute approximate surface area is 71.8 Å². The number of amides is 1. The summed E-state index contributed by atoms with van der Waals surface area (Å²) in [6.45, 7) is 3.28. The molecule has 1 fully saturated rings. The lowest BCUT2D eigenvalue weighted by atomic mass is 10.2. The maximum Gasteiger partial charge on any atom is 0.264 e. The van der Waals surface area contributed by atoms with Gasteiger partial charge in [-0.2, -0.15) is 0 Å². The van der Waals surface area contributed by atoms with E-state index in [1.165, 1.54) is 0 Å². The quantitative estimate of drug-likeness (QED) is 0.572. The fourth-order valence-electron chi connectivity index (χ4n) is 0.974. The van der Waals surface area contributed by atoms with Gasteiger partial charge in [-0.3, -0.25) is 4.79 Å². The van der Waals surface area contributed by atoms with E-state index >= 15 is 0 Å². The van der Waals surface area contributed by atoms with Crippen LogP contribution < -0.4 is 11.1 Å². The van der Waals surface area contributed by atoms with Gasteiger partial charge in [-0.25, -0.2) is 0 Å². The van der Waals surface area contributed by atoms with E-state index in [4.69, 9.17) is 10.5 Å². The molecule has 0 aromatic heterocycles. The van der Waals surface area contributed by atoms with E-state index in [0.29, 0.717) is 18.9 Å². The Morgan fingerprint density at radius 1 is 1.75 bits per heavy atom. The molecule has 1 aliphatic heterocycles. The lowest BCUT2D eigenvalue weighted by Crippen LogP contribution is -2.47. The van der Waals surface area contributed by atoms with E-state index in [2.05, 4.69) is 5.32 Å². The van der Waals surface area contributed by atoms with Crippen molar-refractivity contribution in [3.8, 4) is 0 Å². The van der Waals surface area contributed by atoms with Gasteiger partial charge in [0.15, 0.2) is 0 Å². The maximum absolute atomic E-state index is 10.8. The molecule has 0 bridgehead atoms. The first kappa shape index (κ1) is 9.06. The fraction of sp³-hybridized carbons (Fsp3) is 0.625. The Hall–Kier alpha value is -1.03. The molecule has 1 rings (SSSR count). The molecule has 0 aliphatic carbocycles. The second-order valence-electron chi connectivity index (χ2n) is 2.77. The van der Waals surface area contributed by atoms with Gasteiger partial charge in [0.25, 0.3) is 5.91 Å². The summed E-state index contributed by atoms with van der Waals surface area (Å²) in [5.74, 6) is -0.399. The molecule has 4 nitrogen and oxygen atoms in total. The molecule has 12 heavy (non-hydrogen) atoms. The Morgan fingerprint density at radius 2 is 2.42 bits per heavy atom. The fourth-order valence-corrected chi connectivity index (χ4v) is 0.974. The van der Waals surface area contributed by atoms with Gasteiger partial charge >= 0.3 is 0 Å². The van der Waals surface area contributed by atoms with E-state index in [9.17, 15) is 4.79 Å². The van der Waals surface area contributed by atoms with Gasteiger partial charge in [-0.05, 0) is 6.42 Å². The summed E-state index contributed by atoms with van der Waals surface area (Å²) in [6, 6.07) is 0.260. The topological polar surface area (TPSA) is 64.3 Å². The molecule has 0 aromatic rings. The highest BCUT2D eigenvalue weighted by Gasteiger charge is 2.19. The van der Waals surface area contributed by atoms with Crippen molar-refractivity contribution in [3.05, 3.63) is 11.8 Å². The zero-order valence-corrected chi connectivity index (χ0v) is 7.17. The number of allylic oxidation sites excluding steroid dienone is 1. The van der Waals surface area contributed by atoms with Crippen LogP contribution in [0.15, 0.2) is 11.8 Å². The van der Waals surface area contributed by atoms with E-state index in [1.807, 2.05) is 6.92 Å². The summed E-state index contributed by atoms with van der Waals surface area (Å²) in [5.41, 5.74) is 5.64. The van der Waals surface area contributed by atoms with Gasteiger partial charge in [0, 0.05) is 0 Å². The SMILES string of the molecule is CCC=C(NC1COC1)C(N)=O. The summed E-state index contributed by atoms with van der Waals surface area (Å²) in [6.07, 6.45) is 2.60. The zero-order valence-electron chi connectivity index (χ0n) is 7.17. The van der Waals surface area contributed by atoms with Crippen LogP contribution in [0.2, 0.25) is 0 Å². The third-order valence-corrected chi connectivity index (χ3v) is 1.67. The summed E-state index contributed by atoms with van der Waals surface area (Å²) in [4.78, 5) is 10.8. The molecular weight excluding hydrogens is 156 g/mol. The highest BCUT2D eigenvalue weighted by molar-refractivity contribution is 5.91. The molecule has 1 amide bonds. The first-order valence-corrected chi connectivity index (χ1v) is 4.08. The van der Waals surface area contributed by atoms with Gasteiger partial charge in [-0.1, -0.05) is 13.0 Å². The van der Waals surface area contributed by atoms with Crippen molar-refractivity contribution in [1.82, 2.24) is 5.32 Å². The first-order chi connectivity index (χ1) is 5.74. The molecule has 0 spiro atoms. The number of carbonyl (C=O) groups is 1. The molecule has 0 radical (unpaired) electrons. The lowest BCUT2D eigenvalue weighted by molar-refractivity contribution is -0.115. The molecule has 0 saturated carbocycles. The maximum atomic E-state index is 10.8. The van der Waals surface area contributed by atoms with Crippen LogP contribution in [0.25, 0.3) is 0 Å². The molecule has 3 N–H and O–H groups in total. The first-order valence-electron chi connectivity index (χ1n) is 4.08. The normalized spacial score (nSPS) is 18.6. The van der Waals surface area contributed by atoms with Crippen molar-refractivity contribution in [1.29, 1.82) is 0 Å². The molecule has 0 aromatic carbocycles. The number of nitrogens with one attached hydrogen (secondary N) is 1. The van der Waals surface area contributed by atoms with Crippen molar-refractivity contribution in [3.63, 3.8) is 0 Å². The Morgan fingerprint density at radius 3 is 2.75 bits per heavy atom. The number of ether oxygens (including phenoxy) is 1. The third kappa shape index (κ3) is 2.23. The van der Waals surface area contributed by atoms with Crippen LogP contribution in [-0.2, 0) is 9.53 Å². The van der Waals surface area contributed by atoms with Crippen molar-refractivity contribution >= 4 is 5.91 Å². The largest absolute Gasteiger partial charge is 0.377 e. The van der Waals surface area contributed by atoms with Gasteiger partial charge in [-0.15, -0.1) is 0 Å². The van der Waals surface area contributed by atoms with Gasteiger partial charge in [0.2, 0.25) is 0 Å².